The Labute approximate surface area is 178 Å². The zero-order chi connectivity index (χ0) is 20.4. The van der Waals surface area contributed by atoms with Crippen LogP contribution in [0.3, 0.4) is 0 Å². The van der Waals surface area contributed by atoms with Crippen molar-refractivity contribution in [1.82, 2.24) is 4.98 Å². The molecule has 0 fully saturated rings. The highest BCUT2D eigenvalue weighted by Gasteiger charge is 1.98. The molecule has 0 aliphatic heterocycles. The third kappa shape index (κ3) is 5.76. The van der Waals surface area contributed by atoms with Crippen LogP contribution in [0, 0.1) is 0 Å². The van der Waals surface area contributed by atoms with Crippen LogP contribution in [-0.2, 0) is 0 Å². The van der Waals surface area contributed by atoms with Gasteiger partial charge in [0.2, 0.25) is 0 Å². The Hall–Kier alpha value is -3.97. The normalized spacial score (nSPS) is 11.6. The van der Waals surface area contributed by atoms with E-state index in [1.807, 2.05) is 54.6 Å². The average molecular weight is 386 g/mol. The molecule has 0 saturated heterocycles. The molecule has 144 valence electrons. The lowest BCUT2D eigenvalue weighted by atomic mass is 10.1. The zero-order valence-electron chi connectivity index (χ0n) is 16.7. The summed E-state index contributed by atoms with van der Waals surface area (Å²) in [6.07, 6.45) is 12.6. The number of nitrogens with zero attached hydrogens (tertiary/aromatic N) is 1. The van der Waals surface area contributed by atoms with Gasteiger partial charge in [0.25, 0.3) is 0 Å². The maximum atomic E-state index is 4.81. The number of hydrogen-bond acceptors (Lipinski definition) is 1. The number of hydrogen-bond donors (Lipinski definition) is 0. The minimum atomic E-state index is 0.932. The SMILES string of the molecule is C(=Cc1cc(C=Cc2ccccc2)nc(C=Cc2ccccc2)c1)c1ccccc1. The van der Waals surface area contributed by atoms with Crippen molar-refractivity contribution in [2.24, 2.45) is 0 Å². The Kier molecular flexibility index (Phi) is 6.45. The first-order valence-electron chi connectivity index (χ1n) is 10.1. The lowest BCUT2D eigenvalue weighted by Gasteiger charge is -2.02. The molecule has 0 atom stereocenters. The smallest absolute Gasteiger partial charge is 0.0643 e. The molecule has 0 aliphatic rings. The summed E-state index contributed by atoms with van der Waals surface area (Å²) in [5.41, 5.74) is 6.48. The van der Waals surface area contributed by atoms with Gasteiger partial charge in [-0.3, -0.25) is 0 Å². The van der Waals surface area contributed by atoms with Crippen LogP contribution in [0.4, 0.5) is 0 Å². The molecule has 4 aromatic rings. The van der Waals surface area contributed by atoms with Gasteiger partial charge in [0.05, 0.1) is 11.4 Å². The Morgan fingerprint density at radius 2 is 0.700 bits per heavy atom. The summed E-state index contributed by atoms with van der Waals surface area (Å²) >= 11 is 0. The fourth-order valence-electron chi connectivity index (χ4n) is 3.11. The van der Waals surface area contributed by atoms with Crippen LogP contribution in [0.1, 0.15) is 33.6 Å². The van der Waals surface area contributed by atoms with E-state index in [-0.39, 0.29) is 0 Å². The van der Waals surface area contributed by atoms with E-state index in [0.29, 0.717) is 0 Å². The second-order valence-corrected chi connectivity index (χ2v) is 6.98. The van der Waals surface area contributed by atoms with Crippen molar-refractivity contribution in [1.29, 1.82) is 0 Å². The highest BCUT2D eigenvalue weighted by atomic mass is 14.7. The van der Waals surface area contributed by atoms with Crippen molar-refractivity contribution >= 4 is 36.5 Å². The molecule has 30 heavy (non-hydrogen) atoms. The number of rotatable bonds is 6. The molecule has 1 heterocycles. The van der Waals surface area contributed by atoms with Crippen molar-refractivity contribution in [3.63, 3.8) is 0 Å². The summed E-state index contributed by atoms with van der Waals surface area (Å²) < 4.78 is 0. The topological polar surface area (TPSA) is 12.9 Å². The lowest BCUT2D eigenvalue weighted by molar-refractivity contribution is 1.26. The molecule has 4 rings (SSSR count). The molecule has 1 nitrogen and oxygen atoms in total. The number of benzene rings is 3. The minimum absolute atomic E-state index is 0.932. The Morgan fingerprint density at radius 1 is 0.367 bits per heavy atom. The van der Waals surface area contributed by atoms with Crippen LogP contribution in [0.5, 0.6) is 0 Å². The van der Waals surface area contributed by atoms with Crippen molar-refractivity contribution in [2.75, 3.05) is 0 Å². The Morgan fingerprint density at radius 3 is 1.10 bits per heavy atom. The van der Waals surface area contributed by atoms with Crippen LogP contribution >= 0.6 is 0 Å². The van der Waals surface area contributed by atoms with E-state index >= 15 is 0 Å². The first kappa shape index (κ1) is 19.4. The Balaban J connectivity index is 1.65. The highest BCUT2D eigenvalue weighted by molar-refractivity contribution is 5.76. The molecule has 1 heteroatoms. The summed E-state index contributed by atoms with van der Waals surface area (Å²) in [5, 5.41) is 0. The molecule has 0 amide bonds. The van der Waals surface area contributed by atoms with Crippen LogP contribution in [0.2, 0.25) is 0 Å². The average Bonchev–Trinajstić information content (AvgIpc) is 2.82. The first-order chi connectivity index (χ1) is 14.8. The van der Waals surface area contributed by atoms with Gasteiger partial charge in [-0.05, 0) is 46.5 Å². The molecule has 0 bridgehead atoms. The van der Waals surface area contributed by atoms with Gasteiger partial charge < -0.3 is 0 Å². The van der Waals surface area contributed by atoms with E-state index in [9.17, 15) is 0 Å². The largest absolute Gasteiger partial charge is 0.249 e. The molecule has 0 unspecified atom stereocenters. The predicted molar refractivity (Wildman–Crippen MR) is 130 cm³/mol. The van der Waals surface area contributed by atoms with E-state index in [0.717, 1.165) is 28.1 Å². The van der Waals surface area contributed by atoms with Crippen molar-refractivity contribution in [3.8, 4) is 0 Å². The Bertz CT molecular complexity index is 992. The van der Waals surface area contributed by atoms with E-state index < -0.39 is 0 Å². The standard InChI is InChI=1S/C29H23N/c1-4-10-24(11-5-1)16-17-27-22-28(20-18-25-12-6-2-7-13-25)30-29(23-27)21-19-26-14-8-3-9-15-26/h1-23H. The van der Waals surface area contributed by atoms with Crippen LogP contribution in [0.15, 0.2) is 103 Å². The molecule has 0 spiro atoms. The van der Waals surface area contributed by atoms with Gasteiger partial charge in [0, 0.05) is 0 Å². The molecule has 0 aliphatic carbocycles. The summed E-state index contributed by atoms with van der Waals surface area (Å²) in [7, 11) is 0. The van der Waals surface area contributed by atoms with Crippen molar-refractivity contribution < 1.29 is 0 Å². The van der Waals surface area contributed by atoms with E-state index in [2.05, 4.69) is 85.0 Å². The first-order valence-corrected chi connectivity index (χ1v) is 10.1. The van der Waals surface area contributed by atoms with Gasteiger partial charge in [0.15, 0.2) is 0 Å². The minimum Gasteiger partial charge on any atom is -0.249 e. The van der Waals surface area contributed by atoms with Gasteiger partial charge in [0.1, 0.15) is 0 Å². The molecule has 0 saturated carbocycles. The maximum absolute atomic E-state index is 4.81. The third-order valence-electron chi connectivity index (χ3n) is 4.65. The van der Waals surface area contributed by atoms with Crippen molar-refractivity contribution in [2.45, 2.75) is 0 Å². The van der Waals surface area contributed by atoms with Crippen LogP contribution in [0.25, 0.3) is 36.5 Å². The van der Waals surface area contributed by atoms with Gasteiger partial charge >= 0.3 is 0 Å². The summed E-state index contributed by atoms with van der Waals surface area (Å²) in [5.74, 6) is 0. The molecular formula is C29H23N. The van der Waals surface area contributed by atoms with E-state index in [4.69, 9.17) is 4.98 Å². The van der Waals surface area contributed by atoms with Gasteiger partial charge in [-0.25, -0.2) is 4.98 Å². The third-order valence-corrected chi connectivity index (χ3v) is 4.65. The quantitative estimate of drug-likeness (QED) is 0.333. The second kappa shape index (κ2) is 9.99. The molecule has 1 aromatic heterocycles. The molecule has 0 radical (unpaired) electrons. The lowest BCUT2D eigenvalue weighted by Crippen LogP contribution is -1.88. The number of pyridine rings is 1. The monoisotopic (exact) mass is 385 g/mol. The van der Waals surface area contributed by atoms with E-state index in [1.54, 1.807) is 0 Å². The zero-order valence-corrected chi connectivity index (χ0v) is 16.7. The predicted octanol–water partition coefficient (Wildman–Crippen LogP) is 7.59. The maximum Gasteiger partial charge on any atom is 0.0643 e. The van der Waals surface area contributed by atoms with Crippen molar-refractivity contribution in [3.05, 3.63) is 137 Å². The molecule has 0 N–H and O–H groups in total. The van der Waals surface area contributed by atoms with Gasteiger partial charge in [-0.1, -0.05) is 115 Å². The summed E-state index contributed by atoms with van der Waals surface area (Å²) in [6, 6.07) is 35.1. The highest BCUT2D eigenvalue weighted by Crippen LogP contribution is 2.16. The van der Waals surface area contributed by atoms with E-state index in [1.165, 1.54) is 5.56 Å². The molecule has 3 aromatic carbocycles. The second-order valence-electron chi connectivity index (χ2n) is 6.98. The molecular weight excluding hydrogens is 362 g/mol. The van der Waals surface area contributed by atoms with Gasteiger partial charge in [-0.15, -0.1) is 0 Å². The van der Waals surface area contributed by atoms with Gasteiger partial charge in [-0.2, -0.15) is 0 Å². The van der Waals surface area contributed by atoms with Crippen LogP contribution < -0.4 is 0 Å². The fraction of sp³-hybridized carbons (Fsp3) is 0. The van der Waals surface area contributed by atoms with Crippen LogP contribution in [-0.4, -0.2) is 4.98 Å². The summed E-state index contributed by atoms with van der Waals surface area (Å²) in [6.45, 7) is 0. The summed E-state index contributed by atoms with van der Waals surface area (Å²) in [4.78, 5) is 4.81. The fourth-order valence-corrected chi connectivity index (χ4v) is 3.11. The number of aromatic nitrogens is 1.